The molecule has 0 aliphatic carbocycles. The standard InChI is InChI=1S/C14H22N2O/c1-11-5-6-12(10-16-11)14(15)8-7-13-4-2-3-9-17-13/h5-6,10,13-14H,2-4,7-9,15H2,1H3. The minimum Gasteiger partial charge on any atom is -0.378 e. The first-order valence-corrected chi connectivity index (χ1v) is 6.55. The predicted molar refractivity (Wildman–Crippen MR) is 68.7 cm³/mol. The van der Waals surface area contributed by atoms with Crippen molar-refractivity contribution in [3.63, 3.8) is 0 Å². The van der Waals surface area contributed by atoms with Crippen LogP contribution >= 0.6 is 0 Å². The SMILES string of the molecule is Cc1ccc(C(N)CCC2CCCCO2)cn1. The number of nitrogens with two attached hydrogens (primary N) is 1. The Hall–Kier alpha value is -0.930. The molecule has 2 unspecified atom stereocenters. The Bertz CT molecular complexity index is 331. The van der Waals surface area contributed by atoms with Gasteiger partial charge in [0.25, 0.3) is 0 Å². The molecule has 0 aromatic carbocycles. The molecular formula is C14H22N2O. The summed E-state index contributed by atoms with van der Waals surface area (Å²) in [6.45, 7) is 2.91. The minimum absolute atomic E-state index is 0.0913. The van der Waals surface area contributed by atoms with Gasteiger partial charge in [0.15, 0.2) is 0 Å². The van der Waals surface area contributed by atoms with E-state index in [4.69, 9.17) is 10.5 Å². The Labute approximate surface area is 103 Å². The van der Waals surface area contributed by atoms with Crippen LogP contribution in [-0.4, -0.2) is 17.7 Å². The number of hydrogen-bond donors (Lipinski definition) is 1. The molecule has 3 nitrogen and oxygen atoms in total. The van der Waals surface area contributed by atoms with E-state index in [-0.39, 0.29) is 6.04 Å². The molecule has 0 spiro atoms. The predicted octanol–water partition coefficient (Wildman–Crippen LogP) is 2.74. The van der Waals surface area contributed by atoms with E-state index < -0.39 is 0 Å². The summed E-state index contributed by atoms with van der Waals surface area (Å²) in [5, 5.41) is 0. The fraction of sp³-hybridized carbons (Fsp3) is 0.643. The maximum Gasteiger partial charge on any atom is 0.0575 e. The molecule has 3 heteroatoms. The van der Waals surface area contributed by atoms with Crippen LogP contribution in [0.1, 0.15) is 49.4 Å². The van der Waals surface area contributed by atoms with E-state index in [1.165, 1.54) is 19.3 Å². The van der Waals surface area contributed by atoms with Crippen molar-refractivity contribution >= 4 is 0 Å². The van der Waals surface area contributed by atoms with Gasteiger partial charge < -0.3 is 10.5 Å². The summed E-state index contributed by atoms with van der Waals surface area (Å²) < 4.78 is 5.71. The summed E-state index contributed by atoms with van der Waals surface area (Å²) in [4.78, 5) is 4.28. The number of ether oxygens (including phenoxy) is 1. The van der Waals surface area contributed by atoms with Crippen molar-refractivity contribution in [2.45, 2.75) is 51.2 Å². The van der Waals surface area contributed by atoms with Crippen LogP contribution in [0.2, 0.25) is 0 Å². The molecule has 1 saturated heterocycles. The first kappa shape index (κ1) is 12.5. The van der Waals surface area contributed by atoms with E-state index in [9.17, 15) is 0 Å². The molecule has 2 rings (SSSR count). The van der Waals surface area contributed by atoms with E-state index in [2.05, 4.69) is 11.1 Å². The lowest BCUT2D eigenvalue weighted by Crippen LogP contribution is -2.21. The zero-order valence-corrected chi connectivity index (χ0v) is 10.6. The largest absolute Gasteiger partial charge is 0.378 e. The first-order chi connectivity index (χ1) is 8.25. The van der Waals surface area contributed by atoms with Gasteiger partial charge in [0, 0.05) is 24.5 Å². The van der Waals surface area contributed by atoms with Gasteiger partial charge in [-0.25, -0.2) is 0 Å². The molecule has 2 heterocycles. The Balaban J connectivity index is 1.80. The molecule has 0 bridgehead atoms. The Kier molecular flexibility index (Phi) is 4.51. The number of pyridine rings is 1. The zero-order valence-electron chi connectivity index (χ0n) is 10.6. The lowest BCUT2D eigenvalue weighted by Gasteiger charge is -2.23. The second kappa shape index (κ2) is 6.12. The summed E-state index contributed by atoms with van der Waals surface area (Å²) in [6.07, 6.45) is 8.06. The number of rotatable bonds is 4. The molecule has 1 aromatic heterocycles. The summed E-state index contributed by atoms with van der Waals surface area (Å²) in [6, 6.07) is 4.19. The summed E-state index contributed by atoms with van der Waals surface area (Å²) in [5.74, 6) is 0. The smallest absolute Gasteiger partial charge is 0.0575 e. The van der Waals surface area contributed by atoms with Crippen molar-refractivity contribution in [3.05, 3.63) is 29.6 Å². The molecule has 1 aromatic rings. The molecule has 2 atom stereocenters. The van der Waals surface area contributed by atoms with Crippen molar-refractivity contribution in [1.82, 2.24) is 4.98 Å². The molecule has 0 radical (unpaired) electrons. The normalized spacial score (nSPS) is 22.4. The van der Waals surface area contributed by atoms with Gasteiger partial charge in [0.2, 0.25) is 0 Å². The molecule has 1 aliphatic rings. The topological polar surface area (TPSA) is 48.1 Å². The van der Waals surface area contributed by atoms with Gasteiger partial charge in [0.05, 0.1) is 6.10 Å². The van der Waals surface area contributed by atoms with Crippen molar-refractivity contribution in [1.29, 1.82) is 0 Å². The van der Waals surface area contributed by atoms with Crippen LogP contribution in [0.25, 0.3) is 0 Å². The van der Waals surface area contributed by atoms with E-state index in [1.807, 2.05) is 19.2 Å². The van der Waals surface area contributed by atoms with Crippen LogP contribution in [0.15, 0.2) is 18.3 Å². The van der Waals surface area contributed by atoms with E-state index in [0.29, 0.717) is 6.10 Å². The number of hydrogen-bond acceptors (Lipinski definition) is 3. The number of aromatic nitrogens is 1. The number of aryl methyl sites for hydroxylation is 1. The van der Waals surface area contributed by atoms with Crippen molar-refractivity contribution < 1.29 is 4.74 Å². The van der Waals surface area contributed by atoms with Crippen molar-refractivity contribution in [3.8, 4) is 0 Å². The molecule has 94 valence electrons. The van der Waals surface area contributed by atoms with Crippen LogP contribution in [0, 0.1) is 6.92 Å². The molecular weight excluding hydrogens is 212 g/mol. The number of nitrogens with zero attached hydrogens (tertiary/aromatic N) is 1. The second-order valence-electron chi connectivity index (χ2n) is 4.91. The van der Waals surface area contributed by atoms with E-state index >= 15 is 0 Å². The molecule has 1 fully saturated rings. The maximum atomic E-state index is 6.17. The van der Waals surface area contributed by atoms with Gasteiger partial charge in [-0.2, -0.15) is 0 Å². The summed E-state index contributed by atoms with van der Waals surface area (Å²) in [7, 11) is 0. The van der Waals surface area contributed by atoms with Gasteiger partial charge in [0.1, 0.15) is 0 Å². The van der Waals surface area contributed by atoms with Crippen LogP contribution in [0.4, 0.5) is 0 Å². The van der Waals surface area contributed by atoms with Gasteiger partial charge in [-0.3, -0.25) is 4.98 Å². The highest BCUT2D eigenvalue weighted by atomic mass is 16.5. The van der Waals surface area contributed by atoms with Crippen LogP contribution < -0.4 is 5.73 Å². The average molecular weight is 234 g/mol. The molecule has 17 heavy (non-hydrogen) atoms. The quantitative estimate of drug-likeness (QED) is 0.871. The third kappa shape index (κ3) is 3.79. The highest BCUT2D eigenvalue weighted by Gasteiger charge is 2.15. The Morgan fingerprint density at radius 1 is 1.47 bits per heavy atom. The third-order valence-electron chi connectivity index (χ3n) is 3.44. The Morgan fingerprint density at radius 2 is 2.35 bits per heavy atom. The lowest BCUT2D eigenvalue weighted by atomic mass is 9.99. The Morgan fingerprint density at radius 3 is 3.00 bits per heavy atom. The lowest BCUT2D eigenvalue weighted by molar-refractivity contribution is 0.00912. The van der Waals surface area contributed by atoms with Crippen LogP contribution in [0.5, 0.6) is 0 Å². The van der Waals surface area contributed by atoms with E-state index in [0.717, 1.165) is 30.7 Å². The van der Waals surface area contributed by atoms with Gasteiger partial charge in [-0.15, -0.1) is 0 Å². The van der Waals surface area contributed by atoms with E-state index in [1.54, 1.807) is 0 Å². The van der Waals surface area contributed by atoms with Crippen molar-refractivity contribution in [2.75, 3.05) is 6.61 Å². The molecule has 1 aliphatic heterocycles. The fourth-order valence-corrected chi connectivity index (χ4v) is 2.27. The molecule has 0 saturated carbocycles. The maximum absolute atomic E-state index is 6.17. The van der Waals surface area contributed by atoms with Crippen LogP contribution in [0.3, 0.4) is 0 Å². The third-order valence-corrected chi connectivity index (χ3v) is 3.44. The molecule has 2 N–H and O–H groups in total. The van der Waals surface area contributed by atoms with Gasteiger partial charge in [-0.05, 0) is 50.7 Å². The first-order valence-electron chi connectivity index (χ1n) is 6.55. The minimum atomic E-state index is 0.0913. The van der Waals surface area contributed by atoms with Gasteiger partial charge >= 0.3 is 0 Å². The summed E-state index contributed by atoms with van der Waals surface area (Å²) >= 11 is 0. The van der Waals surface area contributed by atoms with Crippen molar-refractivity contribution in [2.24, 2.45) is 5.73 Å². The monoisotopic (exact) mass is 234 g/mol. The average Bonchev–Trinajstić information content (AvgIpc) is 2.38. The van der Waals surface area contributed by atoms with Gasteiger partial charge in [-0.1, -0.05) is 6.07 Å². The van der Waals surface area contributed by atoms with Crippen LogP contribution in [-0.2, 0) is 4.74 Å². The highest BCUT2D eigenvalue weighted by molar-refractivity contribution is 5.16. The fourth-order valence-electron chi connectivity index (χ4n) is 2.27. The highest BCUT2D eigenvalue weighted by Crippen LogP contribution is 2.22. The summed E-state index contributed by atoms with van der Waals surface area (Å²) in [5.41, 5.74) is 8.34. The molecule has 0 amide bonds. The second-order valence-corrected chi connectivity index (χ2v) is 4.91. The zero-order chi connectivity index (χ0) is 12.1.